The zero-order valence-electron chi connectivity index (χ0n) is 16.6. The largest absolute Gasteiger partial charge is 0.348 e. The van der Waals surface area contributed by atoms with Crippen LogP contribution in [0.1, 0.15) is 54.6 Å². The molecule has 2 amide bonds. The highest BCUT2D eigenvalue weighted by Gasteiger charge is 2.50. The van der Waals surface area contributed by atoms with Crippen molar-refractivity contribution < 1.29 is 18.0 Å². The second-order valence-corrected chi connectivity index (χ2v) is 9.94. The van der Waals surface area contributed by atoms with E-state index in [9.17, 15) is 18.0 Å². The van der Waals surface area contributed by atoms with Gasteiger partial charge in [-0.15, -0.1) is 0 Å². The van der Waals surface area contributed by atoms with Gasteiger partial charge < -0.3 is 10.6 Å². The van der Waals surface area contributed by atoms with Crippen molar-refractivity contribution in [3.05, 3.63) is 65.7 Å². The van der Waals surface area contributed by atoms with Gasteiger partial charge in [0.25, 0.3) is 5.91 Å². The van der Waals surface area contributed by atoms with Crippen LogP contribution in [-0.4, -0.2) is 31.2 Å². The molecule has 1 aliphatic carbocycles. The summed E-state index contributed by atoms with van der Waals surface area (Å²) in [5.74, 6) is -0.662. The number of sulfone groups is 1. The Morgan fingerprint density at radius 3 is 2.28 bits per heavy atom. The predicted octanol–water partition coefficient (Wildman–Crippen LogP) is 3.47. The van der Waals surface area contributed by atoms with Crippen LogP contribution in [0.5, 0.6) is 0 Å². The summed E-state index contributed by atoms with van der Waals surface area (Å²) in [6, 6.07) is 15.7. The van der Waals surface area contributed by atoms with E-state index in [-0.39, 0.29) is 5.91 Å². The molecule has 0 aromatic heterocycles. The average molecular weight is 415 g/mol. The molecule has 0 aliphatic heterocycles. The van der Waals surface area contributed by atoms with E-state index in [4.69, 9.17) is 0 Å². The maximum Gasteiger partial charge on any atom is 0.255 e. The summed E-state index contributed by atoms with van der Waals surface area (Å²) in [5.41, 5.74) is 1.94. The van der Waals surface area contributed by atoms with Gasteiger partial charge in [-0.25, -0.2) is 8.42 Å². The van der Waals surface area contributed by atoms with Crippen molar-refractivity contribution in [3.63, 3.8) is 0 Å². The van der Waals surface area contributed by atoms with Gasteiger partial charge in [0.2, 0.25) is 5.91 Å². The van der Waals surface area contributed by atoms with Gasteiger partial charge >= 0.3 is 0 Å². The van der Waals surface area contributed by atoms with Crippen LogP contribution in [0.25, 0.3) is 0 Å². The second-order valence-electron chi connectivity index (χ2n) is 7.61. The van der Waals surface area contributed by atoms with Crippen molar-refractivity contribution in [1.82, 2.24) is 5.32 Å². The molecular formula is C22H26N2O4S. The lowest BCUT2D eigenvalue weighted by atomic mass is 10.0. The summed E-state index contributed by atoms with van der Waals surface area (Å²) in [6.45, 7) is 1.81. The molecule has 3 rings (SSSR count). The highest BCUT2D eigenvalue weighted by Crippen LogP contribution is 2.37. The van der Waals surface area contributed by atoms with E-state index >= 15 is 0 Å². The Kier molecular flexibility index (Phi) is 6.07. The lowest BCUT2D eigenvalue weighted by Crippen LogP contribution is -2.50. The van der Waals surface area contributed by atoms with E-state index in [1.165, 1.54) is 0 Å². The highest BCUT2D eigenvalue weighted by molar-refractivity contribution is 7.92. The first kappa shape index (κ1) is 21.0. The highest BCUT2D eigenvalue weighted by atomic mass is 32.2. The van der Waals surface area contributed by atoms with Gasteiger partial charge in [-0.1, -0.05) is 43.2 Å². The lowest BCUT2D eigenvalue weighted by Gasteiger charge is -2.28. The van der Waals surface area contributed by atoms with Crippen molar-refractivity contribution in [2.24, 2.45) is 0 Å². The van der Waals surface area contributed by atoms with Crippen LogP contribution in [0.3, 0.4) is 0 Å². The standard InChI is InChI=1S/C22H26N2O4S/c1-16(23-21(26)22(29(2,27)28)13-6-7-14-22)18-11-8-12-19(15-18)24-20(25)17-9-4-3-5-10-17/h3-5,8-12,15-16H,6-7,13-14H2,1-2H3,(H,23,26)(H,24,25). The molecule has 0 saturated heterocycles. The minimum atomic E-state index is -3.51. The van der Waals surface area contributed by atoms with Crippen molar-refractivity contribution in [2.45, 2.75) is 43.4 Å². The first-order chi connectivity index (χ1) is 13.7. The summed E-state index contributed by atoms with van der Waals surface area (Å²) in [4.78, 5) is 25.2. The fraction of sp³-hybridized carbons (Fsp3) is 0.364. The summed E-state index contributed by atoms with van der Waals surface area (Å²) in [7, 11) is -3.51. The number of hydrogen-bond acceptors (Lipinski definition) is 4. The minimum Gasteiger partial charge on any atom is -0.348 e. The quantitative estimate of drug-likeness (QED) is 0.757. The topological polar surface area (TPSA) is 92.3 Å². The number of rotatable bonds is 6. The molecule has 1 fully saturated rings. The number of hydrogen-bond donors (Lipinski definition) is 2. The van der Waals surface area contributed by atoms with Crippen molar-refractivity contribution in [1.29, 1.82) is 0 Å². The number of carbonyl (C=O) groups excluding carboxylic acids is 2. The fourth-order valence-corrected chi connectivity index (χ4v) is 5.23. The first-order valence-electron chi connectivity index (χ1n) is 9.70. The summed E-state index contributed by atoms with van der Waals surface area (Å²) < 4.78 is 23.3. The van der Waals surface area contributed by atoms with E-state index in [0.29, 0.717) is 24.1 Å². The predicted molar refractivity (Wildman–Crippen MR) is 113 cm³/mol. The molecule has 0 bridgehead atoms. The van der Waals surface area contributed by atoms with Crippen LogP contribution in [0.4, 0.5) is 5.69 Å². The van der Waals surface area contributed by atoms with E-state index in [0.717, 1.165) is 24.7 Å². The van der Waals surface area contributed by atoms with Gasteiger partial charge in [-0.2, -0.15) is 0 Å². The van der Waals surface area contributed by atoms with E-state index < -0.39 is 26.5 Å². The van der Waals surface area contributed by atoms with Gasteiger partial charge in [0.1, 0.15) is 4.75 Å². The summed E-state index contributed by atoms with van der Waals surface area (Å²) in [5, 5.41) is 5.71. The van der Waals surface area contributed by atoms with Gasteiger partial charge in [0.05, 0.1) is 6.04 Å². The maximum atomic E-state index is 12.9. The van der Waals surface area contributed by atoms with Crippen molar-refractivity contribution in [2.75, 3.05) is 11.6 Å². The van der Waals surface area contributed by atoms with Crippen LogP contribution in [0.2, 0.25) is 0 Å². The Balaban J connectivity index is 1.73. The third-order valence-electron chi connectivity index (χ3n) is 5.56. The lowest BCUT2D eigenvalue weighted by molar-refractivity contribution is -0.124. The Bertz CT molecular complexity index is 996. The SMILES string of the molecule is CC(NC(=O)C1(S(C)(=O)=O)CCCC1)c1cccc(NC(=O)c2ccccc2)c1. The summed E-state index contributed by atoms with van der Waals surface area (Å²) >= 11 is 0. The molecule has 6 nitrogen and oxygen atoms in total. The first-order valence-corrected chi connectivity index (χ1v) is 11.6. The zero-order valence-corrected chi connectivity index (χ0v) is 17.5. The molecule has 7 heteroatoms. The molecule has 0 heterocycles. The van der Waals surface area contributed by atoms with Gasteiger partial charge in [-0.05, 0) is 49.6 Å². The molecule has 29 heavy (non-hydrogen) atoms. The van der Waals surface area contributed by atoms with Crippen LogP contribution in [0, 0.1) is 0 Å². The normalized spacial score (nSPS) is 16.8. The molecular weight excluding hydrogens is 388 g/mol. The third-order valence-corrected chi connectivity index (χ3v) is 7.58. The number of carbonyl (C=O) groups is 2. The molecule has 1 atom stereocenters. The van der Waals surface area contributed by atoms with Crippen LogP contribution in [-0.2, 0) is 14.6 Å². The minimum absolute atomic E-state index is 0.221. The van der Waals surface area contributed by atoms with Gasteiger partial charge in [0.15, 0.2) is 9.84 Å². The molecule has 1 saturated carbocycles. The number of nitrogens with one attached hydrogen (secondary N) is 2. The Labute approximate surface area is 171 Å². The number of amides is 2. The Morgan fingerprint density at radius 1 is 1.00 bits per heavy atom. The molecule has 0 spiro atoms. The Hall–Kier alpha value is -2.67. The van der Waals surface area contributed by atoms with E-state index in [2.05, 4.69) is 10.6 Å². The third kappa shape index (κ3) is 4.50. The molecule has 1 unspecified atom stereocenters. The van der Waals surface area contributed by atoms with Crippen molar-refractivity contribution >= 4 is 27.3 Å². The monoisotopic (exact) mass is 414 g/mol. The van der Waals surface area contributed by atoms with E-state index in [1.807, 2.05) is 12.1 Å². The van der Waals surface area contributed by atoms with Crippen molar-refractivity contribution in [3.8, 4) is 0 Å². The number of benzene rings is 2. The van der Waals surface area contributed by atoms with Crippen LogP contribution < -0.4 is 10.6 Å². The second kappa shape index (κ2) is 8.37. The molecule has 2 aromatic carbocycles. The van der Waals surface area contributed by atoms with E-state index in [1.54, 1.807) is 49.4 Å². The van der Waals surface area contributed by atoms with Gasteiger partial charge in [0, 0.05) is 17.5 Å². The van der Waals surface area contributed by atoms with Gasteiger partial charge in [-0.3, -0.25) is 9.59 Å². The molecule has 154 valence electrons. The smallest absolute Gasteiger partial charge is 0.255 e. The average Bonchev–Trinajstić information content (AvgIpc) is 3.20. The molecule has 2 N–H and O–H groups in total. The Morgan fingerprint density at radius 2 is 1.66 bits per heavy atom. The molecule has 1 aliphatic rings. The zero-order chi connectivity index (χ0) is 21.1. The number of anilines is 1. The van der Waals surface area contributed by atoms with Crippen LogP contribution >= 0.6 is 0 Å². The molecule has 0 radical (unpaired) electrons. The fourth-order valence-electron chi connectivity index (χ4n) is 3.80. The molecule has 2 aromatic rings. The summed E-state index contributed by atoms with van der Waals surface area (Å²) in [6.07, 6.45) is 3.32. The van der Waals surface area contributed by atoms with Crippen LogP contribution in [0.15, 0.2) is 54.6 Å². The maximum absolute atomic E-state index is 12.9.